The minimum absolute atomic E-state index is 0.509. The van der Waals surface area contributed by atoms with Crippen molar-refractivity contribution in [2.75, 3.05) is 17.6 Å². The standard InChI is InChI=1S/C12H18N4/c13-11-7-9-15-12(16-11)14-8-6-10-4-2-1-3-5-10/h4,7,9H,1-3,5-6,8H2,(H3,13,14,15,16). The van der Waals surface area contributed by atoms with Crippen LogP contribution in [-0.4, -0.2) is 16.5 Å². The van der Waals surface area contributed by atoms with Crippen LogP contribution < -0.4 is 11.1 Å². The third-order valence-electron chi connectivity index (χ3n) is 2.79. The van der Waals surface area contributed by atoms with Crippen molar-refractivity contribution in [3.8, 4) is 0 Å². The minimum atomic E-state index is 0.509. The summed E-state index contributed by atoms with van der Waals surface area (Å²) in [5.74, 6) is 1.13. The molecule has 1 aromatic heterocycles. The van der Waals surface area contributed by atoms with E-state index in [1.54, 1.807) is 17.8 Å². The first kappa shape index (κ1) is 10.9. The maximum Gasteiger partial charge on any atom is 0.224 e. The summed E-state index contributed by atoms with van der Waals surface area (Å²) in [5, 5.41) is 3.19. The van der Waals surface area contributed by atoms with Crippen LogP contribution >= 0.6 is 0 Å². The zero-order valence-electron chi connectivity index (χ0n) is 9.45. The van der Waals surface area contributed by atoms with Gasteiger partial charge in [0.1, 0.15) is 5.82 Å². The Labute approximate surface area is 96.0 Å². The van der Waals surface area contributed by atoms with Crippen molar-refractivity contribution in [3.05, 3.63) is 23.9 Å². The Bertz CT molecular complexity index is 373. The van der Waals surface area contributed by atoms with Gasteiger partial charge in [0.15, 0.2) is 0 Å². The smallest absolute Gasteiger partial charge is 0.224 e. The van der Waals surface area contributed by atoms with Gasteiger partial charge in [0, 0.05) is 12.7 Å². The van der Waals surface area contributed by atoms with Gasteiger partial charge in [-0.1, -0.05) is 11.6 Å². The minimum Gasteiger partial charge on any atom is -0.384 e. The van der Waals surface area contributed by atoms with E-state index in [1.807, 2.05) is 0 Å². The fourth-order valence-corrected chi connectivity index (χ4v) is 1.92. The molecule has 0 aliphatic heterocycles. The lowest BCUT2D eigenvalue weighted by atomic mass is 9.97. The largest absolute Gasteiger partial charge is 0.384 e. The lowest BCUT2D eigenvalue weighted by Crippen LogP contribution is -2.08. The number of nitrogens with zero attached hydrogens (tertiary/aromatic N) is 2. The maximum absolute atomic E-state index is 5.57. The number of nitrogen functional groups attached to an aromatic ring is 1. The zero-order valence-corrected chi connectivity index (χ0v) is 9.45. The molecule has 0 radical (unpaired) electrons. The van der Waals surface area contributed by atoms with E-state index in [9.17, 15) is 0 Å². The maximum atomic E-state index is 5.57. The van der Waals surface area contributed by atoms with Crippen LogP contribution in [0.2, 0.25) is 0 Å². The molecule has 0 fully saturated rings. The molecule has 0 atom stereocenters. The van der Waals surface area contributed by atoms with Crippen molar-refractivity contribution in [2.45, 2.75) is 32.1 Å². The zero-order chi connectivity index (χ0) is 11.2. The molecular weight excluding hydrogens is 200 g/mol. The molecule has 0 bridgehead atoms. The molecule has 4 nitrogen and oxygen atoms in total. The highest BCUT2D eigenvalue weighted by Gasteiger charge is 2.03. The highest BCUT2D eigenvalue weighted by molar-refractivity contribution is 5.35. The number of nitrogens with one attached hydrogen (secondary N) is 1. The van der Waals surface area contributed by atoms with Gasteiger partial charge in [0.25, 0.3) is 0 Å². The molecule has 86 valence electrons. The monoisotopic (exact) mass is 218 g/mol. The lowest BCUT2D eigenvalue weighted by Gasteiger charge is -2.12. The highest BCUT2D eigenvalue weighted by atomic mass is 15.1. The second-order valence-corrected chi connectivity index (χ2v) is 4.09. The molecule has 2 rings (SSSR count). The molecule has 1 aliphatic rings. The van der Waals surface area contributed by atoms with Gasteiger partial charge >= 0.3 is 0 Å². The summed E-state index contributed by atoms with van der Waals surface area (Å²) in [6.07, 6.45) is 10.3. The van der Waals surface area contributed by atoms with Crippen LogP contribution in [0.3, 0.4) is 0 Å². The van der Waals surface area contributed by atoms with E-state index in [2.05, 4.69) is 21.4 Å². The van der Waals surface area contributed by atoms with Crippen LogP contribution in [0.15, 0.2) is 23.9 Å². The van der Waals surface area contributed by atoms with Crippen LogP contribution in [0.4, 0.5) is 11.8 Å². The summed E-state index contributed by atoms with van der Waals surface area (Å²) in [6.45, 7) is 0.884. The van der Waals surface area contributed by atoms with E-state index in [4.69, 9.17) is 5.73 Å². The number of anilines is 2. The molecule has 0 saturated carbocycles. The summed E-state index contributed by atoms with van der Waals surface area (Å²) in [7, 11) is 0. The molecule has 1 heterocycles. The molecule has 16 heavy (non-hydrogen) atoms. The van der Waals surface area contributed by atoms with Crippen LogP contribution in [0.1, 0.15) is 32.1 Å². The number of hydrogen-bond donors (Lipinski definition) is 2. The number of aromatic nitrogens is 2. The quantitative estimate of drug-likeness (QED) is 0.761. The Morgan fingerprint density at radius 3 is 3.06 bits per heavy atom. The van der Waals surface area contributed by atoms with Crippen molar-refractivity contribution in [2.24, 2.45) is 0 Å². The van der Waals surface area contributed by atoms with E-state index in [-0.39, 0.29) is 0 Å². The molecule has 1 aliphatic carbocycles. The predicted octanol–water partition coefficient (Wildman–Crippen LogP) is 2.36. The number of nitrogens with two attached hydrogens (primary N) is 1. The van der Waals surface area contributed by atoms with Crippen molar-refractivity contribution < 1.29 is 0 Å². The third kappa shape index (κ3) is 3.22. The number of rotatable bonds is 4. The molecule has 0 spiro atoms. The average molecular weight is 218 g/mol. The van der Waals surface area contributed by atoms with Gasteiger partial charge < -0.3 is 11.1 Å². The van der Waals surface area contributed by atoms with Crippen molar-refractivity contribution >= 4 is 11.8 Å². The summed E-state index contributed by atoms with van der Waals surface area (Å²) in [4.78, 5) is 8.19. The third-order valence-corrected chi connectivity index (χ3v) is 2.79. The summed E-state index contributed by atoms with van der Waals surface area (Å²) >= 11 is 0. The Morgan fingerprint density at radius 1 is 1.38 bits per heavy atom. The van der Waals surface area contributed by atoms with E-state index in [0.29, 0.717) is 11.8 Å². The number of allylic oxidation sites excluding steroid dienone is 1. The van der Waals surface area contributed by atoms with Gasteiger partial charge in [-0.15, -0.1) is 0 Å². The summed E-state index contributed by atoms with van der Waals surface area (Å²) < 4.78 is 0. The first-order valence-electron chi connectivity index (χ1n) is 5.85. The molecule has 0 amide bonds. The summed E-state index contributed by atoms with van der Waals surface area (Å²) in [5.41, 5.74) is 7.13. The molecule has 0 saturated heterocycles. The molecule has 0 aromatic carbocycles. The van der Waals surface area contributed by atoms with Crippen molar-refractivity contribution in [1.82, 2.24) is 9.97 Å². The average Bonchev–Trinajstić information content (AvgIpc) is 2.30. The van der Waals surface area contributed by atoms with Gasteiger partial charge in [-0.3, -0.25) is 0 Å². The van der Waals surface area contributed by atoms with Crippen LogP contribution in [0.5, 0.6) is 0 Å². The molecular formula is C12H18N4. The first-order valence-corrected chi connectivity index (χ1v) is 5.85. The molecule has 4 heteroatoms. The van der Waals surface area contributed by atoms with E-state index < -0.39 is 0 Å². The van der Waals surface area contributed by atoms with Crippen molar-refractivity contribution in [3.63, 3.8) is 0 Å². The second kappa shape index (κ2) is 5.49. The Kier molecular flexibility index (Phi) is 3.75. The normalized spacial score (nSPS) is 15.6. The van der Waals surface area contributed by atoms with E-state index in [0.717, 1.165) is 13.0 Å². The fourth-order valence-electron chi connectivity index (χ4n) is 1.92. The lowest BCUT2D eigenvalue weighted by molar-refractivity contribution is 0.679. The predicted molar refractivity (Wildman–Crippen MR) is 66.1 cm³/mol. The van der Waals surface area contributed by atoms with Crippen LogP contribution in [0, 0.1) is 0 Å². The molecule has 0 unspecified atom stereocenters. The first-order chi connectivity index (χ1) is 7.84. The van der Waals surface area contributed by atoms with Gasteiger partial charge in [0.2, 0.25) is 5.95 Å². The van der Waals surface area contributed by atoms with Crippen molar-refractivity contribution in [1.29, 1.82) is 0 Å². The van der Waals surface area contributed by atoms with E-state index >= 15 is 0 Å². The van der Waals surface area contributed by atoms with E-state index in [1.165, 1.54) is 25.7 Å². The second-order valence-electron chi connectivity index (χ2n) is 4.09. The Hall–Kier alpha value is -1.58. The van der Waals surface area contributed by atoms with Crippen LogP contribution in [-0.2, 0) is 0 Å². The van der Waals surface area contributed by atoms with Gasteiger partial charge in [-0.25, -0.2) is 4.98 Å². The Morgan fingerprint density at radius 2 is 2.31 bits per heavy atom. The fraction of sp³-hybridized carbons (Fsp3) is 0.500. The Balaban J connectivity index is 1.77. The SMILES string of the molecule is Nc1ccnc(NCCC2=CCCCC2)n1. The summed E-state index contributed by atoms with van der Waals surface area (Å²) in [6, 6.07) is 1.69. The van der Waals surface area contributed by atoms with Gasteiger partial charge in [-0.2, -0.15) is 4.98 Å². The van der Waals surface area contributed by atoms with Gasteiger partial charge in [-0.05, 0) is 38.2 Å². The number of hydrogen-bond acceptors (Lipinski definition) is 4. The molecule has 1 aromatic rings. The van der Waals surface area contributed by atoms with Gasteiger partial charge in [0.05, 0.1) is 0 Å². The topological polar surface area (TPSA) is 63.8 Å². The highest BCUT2D eigenvalue weighted by Crippen LogP contribution is 2.19. The molecule has 3 N–H and O–H groups in total. The van der Waals surface area contributed by atoms with Crippen LogP contribution in [0.25, 0.3) is 0 Å².